The summed E-state index contributed by atoms with van der Waals surface area (Å²) in [6, 6.07) is 18.7. The first-order valence-corrected chi connectivity index (χ1v) is 9.10. The Balaban J connectivity index is 1.72. The summed E-state index contributed by atoms with van der Waals surface area (Å²) in [5.74, 6) is 0.491. The van der Waals surface area contributed by atoms with Gasteiger partial charge in [0.15, 0.2) is 0 Å². The van der Waals surface area contributed by atoms with Gasteiger partial charge in [-0.15, -0.1) is 0 Å². The van der Waals surface area contributed by atoms with Gasteiger partial charge in [-0.25, -0.2) is 4.98 Å². The van der Waals surface area contributed by atoms with Gasteiger partial charge >= 0.3 is 0 Å². The Labute approximate surface area is 164 Å². The lowest BCUT2D eigenvalue weighted by Crippen LogP contribution is -2.14. The number of carbonyl (C=O) groups is 1. The lowest BCUT2D eigenvalue weighted by atomic mass is 9.86. The van der Waals surface area contributed by atoms with Crippen molar-refractivity contribution in [1.82, 2.24) is 4.98 Å². The van der Waals surface area contributed by atoms with E-state index in [4.69, 9.17) is 11.6 Å². The lowest BCUT2D eigenvalue weighted by Gasteiger charge is -2.23. The first-order chi connectivity index (χ1) is 12.8. The number of nitrogens with zero attached hydrogens (tertiary/aromatic N) is 1. The van der Waals surface area contributed by atoms with E-state index in [0.717, 1.165) is 5.69 Å². The third kappa shape index (κ3) is 4.86. The van der Waals surface area contributed by atoms with Crippen molar-refractivity contribution in [2.45, 2.75) is 26.2 Å². The molecule has 3 rings (SSSR count). The Bertz CT molecular complexity index is 946. The van der Waals surface area contributed by atoms with E-state index in [9.17, 15) is 4.79 Å². The maximum Gasteiger partial charge on any atom is 0.255 e. The van der Waals surface area contributed by atoms with Gasteiger partial charge in [0.2, 0.25) is 0 Å². The maximum absolute atomic E-state index is 12.3. The summed E-state index contributed by atoms with van der Waals surface area (Å²) < 4.78 is 0. The minimum absolute atomic E-state index is 0.0223. The molecule has 0 radical (unpaired) electrons. The number of hydrogen-bond donors (Lipinski definition) is 2. The molecule has 0 aliphatic heterocycles. The molecule has 0 saturated carbocycles. The molecule has 2 N–H and O–H groups in total. The predicted octanol–water partition coefficient (Wildman–Crippen LogP) is 6.03. The standard InChI is InChI=1S/C22H22ClN3O/c1-22(2,3)18-9-4-5-10-19(18)26-20-12-11-17(14-24-20)25-21(27)15-7-6-8-16(23)13-15/h4-14H,1-3H3,(H,24,26)(H,25,27). The number of halogens is 1. The fourth-order valence-corrected chi connectivity index (χ4v) is 2.95. The molecule has 0 bridgehead atoms. The molecule has 27 heavy (non-hydrogen) atoms. The van der Waals surface area contributed by atoms with Crippen LogP contribution >= 0.6 is 11.6 Å². The van der Waals surface area contributed by atoms with Gasteiger partial charge in [0.25, 0.3) is 5.91 Å². The molecule has 0 atom stereocenters. The highest BCUT2D eigenvalue weighted by molar-refractivity contribution is 6.31. The number of benzene rings is 2. The number of para-hydroxylation sites is 1. The molecule has 0 unspecified atom stereocenters. The Morgan fingerprint density at radius 1 is 1.00 bits per heavy atom. The highest BCUT2D eigenvalue weighted by Crippen LogP contribution is 2.31. The zero-order valence-electron chi connectivity index (χ0n) is 15.6. The number of pyridine rings is 1. The van der Waals surface area contributed by atoms with Crippen molar-refractivity contribution in [2.24, 2.45) is 0 Å². The summed E-state index contributed by atoms with van der Waals surface area (Å²) in [4.78, 5) is 16.7. The van der Waals surface area contributed by atoms with E-state index in [1.165, 1.54) is 5.56 Å². The molecule has 3 aromatic rings. The Morgan fingerprint density at radius 3 is 2.44 bits per heavy atom. The second kappa shape index (κ2) is 7.80. The smallest absolute Gasteiger partial charge is 0.255 e. The van der Waals surface area contributed by atoms with Crippen LogP contribution in [0.15, 0.2) is 66.9 Å². The number of nitrogens with one attached hydrogen (secondary N) is 2. The van der Waals surface area contributed by atoms with Crippen molar-refractivity contribution in [2.75, 3.05) is 10.6 Å². The first kappa shape index (κ1) is 18.9. The summed E-state index contributed by atoms with van der Waals surface area (Å²) in [7, 11) is 0. The van der Waals surface area contributed by atoms with E-state index in [1.807, 2.05) is 30.3 Å². The van der Waals surface area contributed by atoms with Crippen LogP contribution in [-0.2, 0) is 5.41 Å². The molecule has 138 valence electrons. The van der Waals surface area contributed by atoms with Crippen LogP contribution < -0.4 is 10.6 Å². The summed E-state index contributed by atoms with van der Waals surface area (Å²) >= 11 is 5.93. The third-order valence-electron chi connectivity index (χ3n) is 4.11. The van der Waals surface area contributed by atoms with Crippen LogP contribution in [0.2, 0.25) is 5.02 Å². The van der Waals surface area contributed by atoms with Crippen molar-refractivity contribution in [1.29, 1.82) is 0 Å². The summed E-state index contributed by atoms with van der Waals surface area (Å²) in [6.07, 6.45) is 1.63. The zero-order chi connectivity index (χ0) is 19.4. The van der Waals surface area contributed by atoms with E-state index in [-0.39, 0.29) is 11.3 Å². The molecular weight excluding hydrogens is 358 g/mol. The van der Waals surface area contributed by atoms with Crippen molar-refractivity contribution in [3.8, 4) is 0 Å². The molecule has 0 spiro atoms. The fourth-order valence-electron chi connectivity index (χ4n) is 2.76. The SMILES string of the molecule is CC(C)(C)c1ccccc1Nc1ccc(NC(=O)c2cccc(Cl)c2)cn1. The van der Waals surface area contributed by atoms with Crippen LogP contribution in [0.5, 0.6) is 0 Å². The molecule has 0 aliphatic carbocycles. The second-order valence-corrected chi connectivity index (χ2v) is 7.75. The highest BCUT2D eigenvalue weighted by Gasteiger charge is 2.17. The topological polar surface area (TPSA) is 54.0 Å². The highest BCUT2D eigenvalue weighted by atomic mass is 35.5. The van der Waals surface area contributed by atoms with Crippen LogP contribution in [0, 0.1) is 0 Å². The summed E-state index contributed by atoms with van der Waals surface area (Å²) in [6.45, 7) is 6.53. The van der Waals surface area contributed by atoms with Crippen molar-refractivity contribution >= 4 is 34.7 Å². The predicted molar refractivity (Wildman–Crippen MR) is 112 cm³/mol. The van der Waals surface area contributed by atoms with Crippen LogP contribution in [0.3, 0.4) is 0 Å². The number of carbonyl (C=O) groups excluding carboxylic acids is 1. The zero-order valence-corrected chi connectivity index (χ0v) is 16.3. The van der Waals surface area contributed by atoms with Gasteiger partial charge in [-0.3, -0.25) is 4.79 Å². The molecule has 1 amide bonds. The van der Waals surface area contributed by atoms with Gasteiger partial charge in [-0.2, -0.15) is 0 Å². The average molecular weight is 380 g/mol. The van der Waals surface area contributed by atoms with E-state index in [1.54, 1.807) is 30.5 Å². The van der Waals surface area contributed by atoms with E-state index in [2.05, 4.69) is 42.5 Å². The van der Waals surface area contributed by atoms with Crippen molar-refractivity contribution < 1.29 is 4.79 Å². The Kier molecular flexibility index (Phi) is 5.47. The summed E-state index contributed by atoms with van der Waals surface area (Å²) in [5.41, 5.74) is 3.38. The number of anilines is 3. The number of hydrogen-bond acceptors (Lipinski definition) is 3. The van der Waals surface area contributed by atoms with Crippen LogP contribution in [0.1, 0.15) is 36.7 Å². The molecule has 4 nitrogen and oxygen atoms in total. The van der Waals surface area contributed by atoms with Crippen LogP contribution in [-0.4, -0.2) is 10.9 Å². The number of amides is 1. The minimum Gasteiger partial charge on any atom is -0.340 e. The third-order valence-corrected chi connectivity index (χ3v) is 4.34. The number of rotatable bonds is 4. The summed E-state index contributed by atoms with van der Waals surface area (Å²) in [5, 5.41) is 6.71. The average Bonchev–Trinajstić information content (AvgIpc) is 2.63. The molecule has 0 fully saturated rings. The van der Waals surface area contributed by atoms with E-state index in [0.29, 0.717) is 22.1 Å². The van der Waals surface area contributed by atoms with Gasteiger partial charge in [0.05, 0.1) is 11.9 Å². The fraction of sp³-hybridized carbons (Fsp3) is 0.182. The van der Waals surface area contributed by atoms with Gasteiger partial charge in [0, 0.05) is 16.3 Å². The van der Waals surface area contributed by atoms with Crippen molar-refractivity contribution in [3.63, 3.8) is 0 Å². The monoisotopic (exact) mass is 379 g/mol. The molecule has 2 aromatic carbocycles. The maximum atomic E-state index is 12.3. The van der Waals surface area contributed by atoms with Gasteiger partial charge in [-0.05, 0) is 47.4 Å². The number of aromatic nitrogens is 1. The van der Waals surface area contributed by atoms with Crippen LogP contribution in [0.4, 0.5) is 17.2 Å². The molecule has 1 heterocycles. The second-order valence-electron chi connectivity index (χ2n) is 7.32. The van der Waals surface area contributed by atoms with Gasteiger partial charge in [-0.1, -0.05) is 56.6 Å². The van der Waals surface area contributed by atoms with Crippen molar-refractivity contribution in [3.05, 3.63) is 83.0 Å². The molecular formula is C22H22ClN3O. The quantitative estimate of drug-likeness (QED) is 0.582. The van der Waals surface area contributed by atoms with Gasteiger partial charge < -0.3 is 10.6 Å². The van der Waals surface area contributed by atoms with Gasteiger partial charge in [0.1, 0.15) is 5.82 Å². The molecule has 1 aromatic heterocycles. The normalized spacial score (nSPS) is 11.1. The Morgan fingerprint density at radius 2 is 1.78 bits per heavy atom. The largest absolute Gasteiger partial charge is 0.340 e. The lowest BCUT2D eigenvalue weighted by molar-refractivity contribution is 0.102. The molecule has 0 aliphatic rings. The molecule has 0 saturated heterocycles. The van der Waals surface area contributed by atoms with E-state index >= 15 is 0 Å². The molecule has 5 heteroatoms. The minimum atomic E-state index is -0.224. The van der Waals surface area contributed by atoms with E-state index < -0.39 is 0 Å². The first-order valence-electron chi connectivity index (χ1n) is 8.72. The van der Waals surface area contributed by atoms with Crippen LogP contribution in [0.25, 0.3) is 0 Å². The Hall–Kier alpha value is -2.85.